The van der Waals surface area contributed by atoms with Crippen molar-refractivity contribution < 1.29 is 9.63 Å². The Kier molecular flexibility index (Phi) is 2.75. The van der Waals surface area contributed by atoms with E-state index in [2.05, 4.69) is 11.4 Å². The zero-order chi connectivity index (χ0) is 13.5. The first kappa shape index (κ1) is 11.9. The Morgan fingerprint density at radius 1 is 1.25 bits per heavy atom. The summed E-state index contributed by atoms with van der Waals surface area (Å²) in [7, 11) is 0. The fraction of sp³-hybridized carbons (Fsp3) is 0.267. The highest BCUT2D eigenvalue weighted by atomic mass is 32.1. The normalized spacial score (nSPS) is 20.4. The third-order valence-electron chi connectivity index (χ3n) is 3.82. The fourth-order valence-corrected chi connectivity index (χ4v) is 3.75. The molecule has 0 saturated carbocycles. The second kappa shape index (κ2) is 4.61. The van der Waals surface area contributed by atoms with Crippen LogP contribution in [0.1, 0.15) is 22.0 Å². The summed E-state index contributed by atoms with van der Waals surface area (Å²) in [5, 5.41) is 3.64. The Labute approximate surface area is 121 Å². The third kappa shape index (κ3) is 1.82. The highest BCUT2D eigenvalue weighted by Gasteiger charge is 2.44. The van der Waals surface area contributed by atoms with E-state index in [-0.39, 0.29) is 12.1 Å². The maximum Gasteiger partial charge on any atom is 0.345 e. The van der Waals surface area contributed by atoms with Crippen LogP contribution >= 0.6 is 11.3 Å². The van der Waals surface area contributed by atoms with Gasteiger partial charge in [-0.2, -0.15) is 5.06 Å². The summed E-state index contributed by atoms with van der Waals surface area (Å²) < 4.78 is 0. The van der Waals surface area contributed by atoms with E-state index in [1.54, 1.807) is 16.4 Å². The van der Waals surface area contributed by atoms with E-state index in [0.717, 1.165) is 12.1 Å². The van der Waals surface area contributed by atoms with Gasteiger partial charge in [-0.15, -0.1) is 11.3 Å². The Balaban J connectivity index is 1.55. The summed E-state index contributed by atoms with van der Waals surface area (Å²) in [4.78, 5) is 21.2. The van der Waals surface area contributed by atoms with Crippen molar-refractivity contribution in [3.63, 3.8) is 0 Å². The fourth-order valence-electron chi connectivity index (χ4n) is 2.80. The quantitative estimate of drug-likeness (QED) is 0.868. The molecule has 2 amide bonds. The molecule has 102 valence electrons. The zero-order valence-corrected chi connectivity index (χ0v) is 11.7. The summed E-state index contributed by atoms with van der Waals surface area (Å²) in [5.74, 6) is 0. The lowest BCUT2D eigenvalue weighted by Crippen LogP contribution is -2.30. The monoisotopic (exact) mass is 286 g/mol. The standard InChI is InChI=1S/C15H14N2O2S/c18-15-16-8-13(12-6-7-20-14(12)9-16)17(15)19-10-11-4-2-1-3-5-11/h1-7,13H,8-10H2. The van der Waals surface area contributed by atoms with Gasteiger partial charge in [-0.1, -0.05) is 30.3 Å². The van der Waals surface area contributed by atoms with Gasteiger partial charge in [0.25, 0.3) is 0 Å². The predicted octanol–water partition coefficient (Wildman–Crippen LogP) is 3.17. The molecule has 4 nitrogen and oxygen atoms in total. The Morgan fingerprint density at radius 3 is 2.95 bits per heavy atom. The van der Waals surface area contributed by atoms with Crippen molar-refractivity contribution in [1.82, 2.24) is 9.96 Å². The average Bonchev–Trinajstić information content (AvgIpc) is 3.05. The molecule has 2 aliphatic heterocycles. The van der Waals surface area contributed by atoms with Crippen LogP contribution in [0.25, 0.3) is 0 Å². The second-order valence-corrected chi connectivity index (χ2v) is 6.06. The molecule has 0 aliphatic carbocycles. The number of rotatable bonds is 3. The summed E-state index contributed by atoms with van der Waals surface area (Å²) in [6.45, 7) is 1.88. The molecular weight excluding hydrogens is 272 g/mol. The molecular formula is C15H14N2O2S. The van der Waals surface area contributed by atoms with Gasteiger partial charge in [0.15, 0.2) is 0 Å². The van der Waals surface area contributed by atoms with E-state index < -0.39 is 0 Å². The molecule has 1 unspecified atom stereocenters. The number of hydrogen-bond donors (Lipinski definition) is 0. The van der Waals surface area contributed by atoms with E-state index >= 15 is 0 Å². The van der Waals surface area contributed by atoms with E-state index in [1.807, 2.05) is 35.2 Å². The van der Waals surface area contributed by atoms with Crippen LogP contribution in [0.5, 0.6) is 0 Å². The number of thiophene rings is 1. The molecule has 0 radical (unpaired) electrons. The van der Waals surface area contributed by atoms with E-state index in [1.165, 1.54) is 10.4 Å². The van der Waals surface area contributed by atoms with Crippen LogP contribution in [-0.2, 0) is 18.0 Å². The molecule has 4 rings (SSSR count). The van der Waals surface area contributed by atoms with Gasteiger partial charge in [0.05, 0.1) is 13.1 Å². The molecule has 1 aromatic carbocycles. The second-order valence-electron chi connectivity index (χ2n) is 5.06. The predicted molar refractivity (Wildman–Crippen MR) is 75.9 cm³/mol. The number of amides is 2. The molecule has 2 aromatic rings. The molecule has 20 heavy (non-hydrogen) atoms. The first-order valence-electron chi connectivity index (χ1n) is 6.64. The van der Waals surface area contributed by atoms with Gasteiger partial charge in [-0.25, -0.2) is 4.79 Å². The lowest BCUT2D eigenvalue weighted by molar-refractivity contribution is -0.141. The maximum atomic E-state index is 12.3. The molecule has 0 N–H and O–H groups in total. The van der Waals surface area contributed by atoms with Crippen molar-refractivity contribution in [2.75, 3.05) is 6.54 Å². The molecule has 3 heterocycles. The topological polar surface area (TPSA) is 32.8 Å². The van der Waals surface area contributed by atoms with Gasteiger partial charge in [0.1, 0.15) is 12.6 Å². The van der Waals surface area contributed by atoms with Crippen LogP contribution in [0.15, 0.2) is 41.8 Å². The largest absolute Gasteiger partial charge is 0.345 e. The highest BCUT2D eigenvalue weighted by molar-refractivity contribution is 7.10. The van der Waals surface area contributed by atoms with Gasteiger partial charge in [0.2, 0.25) is 0 Å². The lowest BCUT2D eigenvalue weighted by Gasteiger charge is -2.22. The first-order chi connectivity index (χ1) is 9.83. The maximum absolute atomic E-state index is 12.3. The van der Waals surface area contributed by atoms with Crippen LogP contribution < -0.4 is 0 Å². The summed E-state index contributed by atoms with van der Waals surface area (Å²) in [6, 6.07) is 12.1. The molecule has 0 spiro atoms. The summed E-state index contributed by atoms with van der Waals surface area (Å²) >= 11 is 1.72. The van der Waals surface area contributed by atoms with Gasteiger partial charge < -0.3 is 4.90 Å². The van der Waals surface area contributed by atoms with Crippen molar-refractivity contribution in [3.8, 4) is 0 Å². The number of carbonyl (C=O) groups is 1. The number of hydroxylamine groups is 2. The van der Waals surface area contributed by atoms with Gasteiger partial charge in [0, 0.05) is 4.88 Å². The first-order valence-corrected chi connectivity index (χ1v) is 7.52. The number of hydrogen-bond acceptors (Lipinski definition) is 3. The lowest BCUT2D eigenvalue weighted by atomic mass is 10.1. The third-order valence-corrected chi connectivity index (χ3v) is 4.74. The van der Waals surface area contributed by atoms with E-state index in [4.69, 9.17) is 4.84 Å². The molecule has 5 heteroatoms. The van der Waals surface area contributed by atoms with E-state index in [0.29, 0.717) is 13.2 Å². The molecule has 1 atom stereocenters. The summed E-state index contributed by atoms with van der Waals surface area (Å²) in [6.07, 6.45) is 0. The smallest absolute Gasteiger partial charge is 0.315 e. The number of nitrogens with zero attached hydrogens (tertiary/aromatic N) is 2. The van der Waals surface area contributed by atoms with Crippen molar-refractivity contribution in [2.24, 2.45) is 0 Å². The zero-order valence-electron chi connectivity index (χ0n) is 10.9. The van der Waals surface area contributed by atoms with Crippen molar-refractivity contribution >= 4 is 17.4 Å². The van der Waals surface area contributed by atoms with Gasteiger partial charge in [-0.3, -0.25) is 4.84 Å². The minimum absolute atomic E-state index is 0.0191. The number of carbonyl (C=O) groups excluding carboxylic acids is 1. The minimum atomic E-state index is -0.0191. The summed E-state index contributed by atoms with van der Waals surface area (Å²) in [5.41, 5.74) is 2.31. The van der Waals surface area contributed by atoms with Crippen molar-refractivity contribution in [2.45, 2.75) is 19.2 Å². The number of urea groups is 1. The van der Waals surface area contributed by atoms with Crippen molar-refractivity contribution in [1.29, 1.82) is 0 Å². The van der Waals surface area contributed by atoms with Crippen LogP contribution in [-0.4, -0.2) is 22.5 Å². The molecule has 2 bridgehead atoms. The Morgan fingerprint density at radius 2 is 2.10 bits per heavy atom. The van der Waals surface area contributed by atoms with E-state index in [9.17, 15) is 4.79 Å². The van der Waals surface area contributed by atoms with Crippen LogP contribution in [0.2, 0.25) is 0 Å². The van der Waals surface area contributed by atoms with Crippen LogP contribution in [0.3, 0.4) is 0 Å². The van der Waals surface area contributed by atoms with Gasteiger partial charge >= 0.3 is 6.03 Å². The highest BCUT2D eigenvalue weighted by Crippen LogP contribution is 2.40. The molecule has 1 saturated heterocycles. The number of fused-ring (bicyclic) bond motifs is 4. The minimum Gasteiger partial charge on any atom is -0.315 e. The molecule has 1 aromatic heterocycles. The Bertz CT molecular complexity index is 640. The average molecular weight is 286 g/mol. The number of benzene rings is 1. The SMILES string of the molecule is O=C1N2Cc3sccc3C(C2)N1OCc1ccccc1. The van der Waals surface area contributed by atoms with Crippen LogP contribution in [0, 0.1) is 0 Å². The van der Waals surface area contributed by atoms with Gasteiger partial charge in [-0.05, 0) is 22.6 Å². The molecule has 2 aliphatic rings. The molecule has 1 fully saturated rings. The Hall–Kier alpha value is -1.85. The van der Waals surface area contributed by atoms with Crippen molar-refractivity contribution in [3.05, 3.63) is 57.8 Å². The van der Waals surface area contributed by atoms with Crippen LogP contribution in [0.4, 0.5) is 4.79 Å².